The van der Waals surface area contributed by atoms with E-state index in [0.717, 1.165) is 44.4 Å². The van der Waals surface area contributed by atoms with E-state index in [1.54, 1.807) is 0 Å². The van der Waals surface area contributed by atoms with Crippen molar-refractivity contribution >= 4 is 0 Å². The number of morpholine rings is 1. The van der Waals surface area contributed by atoms with E-state index >= 15 is 0 Å². The summed E-state index contributed by atoms with van der Waals surface area (Å²) in [6.45, 7) is 6.18. The first-order valence-corrected chi connectivity index (χ1v) is 5.22. The summed E-state index contributed by atoms with van der Waals surface area (Å²) in [5.41, 5.74) is 0.714. The predicted octanol–water partition coefficient (Wildman–Crippen LogP) is -1.51. The molecular weight excluding hydrogens is 194 g/mol. The van der Waals surface area contributed by atoms with Crippen molar-refractivity contribution in [3.63, 3.8) is 0 Å². The highest BCUT2D eigenvalue weighted by atomic mass is 16.5. The summed E-state index contributed by atoms with van der Waals surface area (Å²) < 4.78 is 5.27. The molecule has 1 aromatic heterocycles. The molecular formula is C10H16N3O2+. The first-order chi connectivity index (χ1) is 7.24. The third-order valence-corrected chi connectivity index (χ3v) is 2.54. The second-order valence-corrected chi connectivity index (χ2v) is 3.87. The van der Waals surface area contributed by atoms with Crippen LogP contribution in [0, 0.1) is 6.92 Å². The Balaban J connectivity index is 2.06. The lowest BCUT2D eigenvalue weighted by Gasteiger charge is -2.23. The van der Waals surface area contributed by atoms with Crippen LogP contribution in [-0.4, -0.2) is 36.3 Å². The lowest BCUT2D eigenvalue weighted by atomic mass is 10.4. The van der Waals surface area contributed by atoms with Crippen molar-refractivity contribution in [1.29, 1.82) is 0 Å². The molecule has 2 N–H and O–H groups in total. The maximum atomic E-state index is 11.2. The Bertz CT molecular complexity index is 382. The monoisotopic (exact) mass is 210 g/mol. The molecule has 1 aliphatic rings. The molecule has 1 aliphatic heterocycles. The zero-order valence-corrected chi connectivity index (χ0v) is 8.88. The number of nitrogens with one attached hydrogen (secondary N) is 2. The molecule has 5 heteroatoms. The zero-order valence-electron chi connectivity index (χ0n) is 8.88. The van der Waals surface area contributed by atoms with Gasteiger partial charge in [0.2, 0.25) is 0 Å². The summed E-state index contributed by atoms with van der Waals surface area (Å²) in [4.78, 5) is 19.7. The Morgan fingerprint density at radius 3 is 2.93 bits per heavy atom. The van der Waals surface area contributed by atoms with Crippen LogP contribution in [0.1, 0.15) is 11.5 Å². The molecule has 15 heavy (non-hydrogen) atoms. The number of ether oxygens (including phenoxy) is 1. The largest absolute Gasteiger partial charge is 0.370 e. The maximum absolute atomic E-state index is 11.2. The average molecular weight is 210 g/mol. The van der Waals surface area contributed by atoms with E-state index in [9.17, 15) is 4.79 Å². The van der Waals surface area contributed by atoms with E-state index < -0.39 is 0 Å². The van der Waals surface area contributed by atoms with Crippen molar-refractivity contribution in [2.24, 2.45) is 0 Å². The second-order valence-electron chi connectivity index (χ2n) is 3.87. The van der Waals surface area contributed by atoms with Crippen LogP contribution in [0.15, 0.2) is 10.9 Å². The van der Waals surface area contributed by atoms with Crippen LogP contribution >= 0.6 is 0 Å². The molecule has 5 nitrogen and oxygen atoms in total. The van der Waals surface area contributed by atoms with E-state index in [-0.39, 0.29) is 5.56 Å². The molecule has 0 spiro atoms. The molecule has 82 valence electrons. The maximum Gasteiger partial charge on any atom is 0.251 e. The highest BCUT2D eigenvalue weighted by Crippen LogP contribution is 1.88. The van der Waals surface area contributed by atoms with Crippen LogP contribution in [0.2, 0.25) is 0 Å². The number of H-pyrrole nitrogens is 1. The van der Waals surface area contributed by atoms with E-state index in [0.29, 0.717) is 0 Å². The molecule has 2 rings (SSSR count). The van der Waals surface area contributed by atoms with Crippen LogP contribution in [0.5, 0.6) is 0 Å². The molecule has 0 amide bonds. The van der Waals surface area contributed by atoms with E-state index in [1.165, 1.54) is 11.0 Å². The van der Waals surface area contributed by atoms with Crippen LogP contribution in [0.4, 0.5) is 0 Å². The van der Waals surface area contributed by atoms with Crippen LogP contribution in [-0.2, 0) is 11.3 Å². The van der Waals surface area contributed by atoms with Gasteiger partial charge in [0.15, 0.2) is 5.82 Å². The van der Waals surface area contributed by atoms with Gasteiger partial charge in [0.25, 0.3) is 5.56 Å². The third kappa shape index (κ3) is 2.87. The van der Waals surface area contributed by atoms with Crippen LogP contribution in [0.25, 0.3) is 0 Å². The Kier molecular flexibility index (Phi) is 3.13. The second kappa shape index (κ2) is 4.55. The zero-order chi connectivity index (χ0) is 10.7. The standard InChI is InChI=1S/C10H15N3O2/c1-8-6-10(14)12-9(11-8)7-13-2-4-15-5-3-13/h6H,2-5,7H2,1H3,(H,11,12,14)/p+1. The molecule has 1 aromatic rings. The van der Waals surface area contributed by atoms with Crippen LogP contribution in [0.3, 0.4) is 0 Å². The van der Waals surface area contributed by atoms with Gasteiger partial charge in [-0.2, -0.15) is 0 Å². The van der Waals surface area contributed by atoms with Crippen molar-refractivity contribution in [3.05, 3.63) is 27.9 Å². The Hall–Kier alpha value is -1.20. The normalized spacial score (nSPS) is 17.9. The number of hydrogen-bond acceptors (Lipinski definition) is 3. The summed E-state index contributed by atoms with van der Waals surface area (Å²) in [6.07, 6.45) is 0. The summed E-state index contributed by atoms with van der Waals surface area (Å²) in [5.74, 6) is 0.775. The summed E-state index contributed by atoms with van der Waals surface area (Å²) >= 11 is 0. The molecule has 0 saturated carbocycles. The molecule has 0 atom stereocenters. The van der Waals surface area contributed by atoms with Gasteiger partial charge in [-0.1, -0.05) is 0 Å². The highest BCUT2D eigenvalue weighted by Gasteiger charge is 2.15. The molecule has 0 aromatic carbocycles. The first kappa shape index (κ1) is 10.3. The van der Waals surface area contributed by atoms with E-state index in [2.05, 4.69) is 9.97 Å². The minimum atomic E-state index is -0.0647. The number of hydrogen-bond donors (Lipinski definition) is 2. The number of rotatable bonds is 2. The molecule has 0 aliphatic carbocycles. The van der Waals surface area contributed by atoms with Crippen molar-refractivity contribution < 1.29 is 9.64 Å². The van der Waals surface area contributed by atoms with Gasteiger partial charge in [-0.05, 0) is 6.92 Å². The van der Waals surface area contributed by atoms with Crippen molar-refractivity contribution in [2.45, 2.75) is 13.5 Å². The number of aromatic amines is 1. The highest BCUT2D eigenvalue weighted by molar-refractivity contribution is 4.99. The summed E-state index contributed by atoms with van der Waals surface area (Å²) in [6, 6.07) is 1.51. The SMILES string of the molecule is Cc1cc(=O)[nH]c(C[NH+]2CCOCC2)n1. The number of nitrogens with zero attached hydrogens (tertiary/aromatic N) is 1. The topological polar surface area (TPSA) is 59.4 Å². The smallest absolute Gasteiger partial charge is 0.251 e. The third-order valence-electron chi connectivity index (χ3n) is 2.54. The minimum Gasteiger partial charge on any atom is -0.370 e. The van der Waals surface area contributed by atoms with Gasteiger partial charge in [-0.3, -0.25) is 4.79 Å². The fourth-order valence-corrected chi connectivity index (χ4v) is 1.80. The van der Waals surface area contributed by atoms with E-state index in [1.807, 2.05) is 6.92 Å². The first-order valence-electron chi connectivity index (χ1n) is 5.22. The molecule has 1 fully saturated rings. The van der Waals surface area contributed by atoms with Crippen molar-refractivity contribution in [2.75, 3.05) is 26.3 Å². The Morgan fingerprint density at radius 1 is 1.53 bits per heavy atom. The minimum absolute atomic E-state index is 0.0647. The van der Waals surface area contributed by atoms with Crippen molar-refractivity contribution in [3.8, 4) is 0 Å². The molecule has 1 saturated heterocycles. The molecule has 2 heterocycles. The van der Waals surface area contributed by atoms with Gasteiger partial charge < -0.3 is 14.6 Å². The van der Waals surface area contributed by atoms with Gasteiger partial charge in [0.1, 0.15) is 19.6 Å². The fraction of sp³-hybridized carbons (Fsp3) is 0.600. The molecule has 0 unspecified atom stereocenters. The van der Waals surface area contributed by atoms with Gasteiger partial charge >= 0.3 is 0 Å². The van der Waals surface area contributed by atoms with Gasteiger partial charge in [0, 0.05) is 11.8 Å². The van der Waals surface area contributed by atoms with Crippen LogP contribution < -0.4 is 10.5 Å². The van der Waals surface area contributed by atoms with E-state index in [4.69, 9.17) is 4.74 Å². The average Bonchev–Trinajstić information content (AvgIpc) is 2.17. The molecule has 0 bridgehead atoms. The van der Waals surface area contributed by atoms with Gasteiger partial charge in [0.05, 0.1) is 13.2 Å². The lowest BCUT2D eigenvalue weighted by Crippen LogP contribution is -3.12. The Labute approximate surface area is 88.1 Å². The summed E-state index contributed by atoms with van der Waals surface area (Å²) in [5, 5.41) is 0. The number of aryl methyl sites for hydroxylation is 1. The van der Waals surface area contributed by atoms with Crippen molar-refractivity contribution in [1.82, 2.24) is 9.97 Å². The number of quaternary nitrogens is 1. The molecule has 0 radical (unpaired) electrons. The van der Waals surface area contributed by atoms with Gasteiger partial charge in [-0.15, -0.1) is 0 Å². The lowest BCUT2D eigenvalue weighted by molar-refractivity contribution is -0.922. The fourth-order valence-electron chi connectivity index (χ4n) is 1.80. The number of aromatic nitrogens is 2. The Morgan fingerprint density at radius 2 is 2.27 bits per heavy atom. The summed E-state index contributed by atoms with van der Waals surface area (Å²) in [7, 11) is 0. The quantitative estimate of drug-likeness (QED) is 0.624. The predicted molar refractivity (Wildman–Crippen MR) is 54.8 cm³/mol. The van der Waals surface area contributed by atoms with Gasteiger partial charge in [-0.25, -0.2) is 4.98 Å².